The molecular weight excluding hydrogens is 467 g/mol. The number of rotatable bonds is 11. The van der Waals surface area contributed by atoms with Crippen LogP contribution in [-0.4, -0.2) is 60.8 Å². The Labute approximate surface area is 208 Å². The van der Waals surface area contributed by atoms with E-state index in [1.807, 2.05) is 25.1 Å². The molecule has 33 heavy (non-hydrogen) atoms. The maximum absolute atomic E-state index is 12.4. The van der Waals surface area contributed by atoms with E-state index in [1.54, 1.807) is 41.5 Å². The van der Waals surface area contributed by atoms with Crippen molar-refractivity contribution >= 4 is 41.0 Å². The average molecular weight is 505 g/mol. The average Bonchev–Trinajstić information content (AvgIpc) is 2.63. The van der Waals surface area contributed by atoms with Crippen LogP contribution in [0.15, 0.2) is 18.2 Å². The molecule has 0 spiro atoms. The zero-order valence-electron chi connectivity index (χ0n) is 20.8. The number of alkyl carbamates (subject to hydrolysis) is 1. The van der Waals surface area contributed by atoms with Crippen LogP contribution < -0.4 is 15.0 Å². The molecule has 1 atom stereocenters. The van der Waals surface area contributed by atoms with Crippen molar-refractivity contribution in [2.45, 2.75) is 72.1 Å². The highest BCUT2D eigenvalue weighted by atomic mass is 35.5. The molecule has 1 aromatic carbocycles. The van der Waals surface area contributed by atoms with Gasteiger partial charge in [-0.25, -0.2) is 4.79 Å². The largest absolute Gasteiger partial charge is 0.491 e. The van der Waals surface area contributed by atoms with Gasteiger partial charge in [-0.3, -0.25) is 4.79 Å². The Hall–Kier alpha value is -1.86. The number of anilines is 1. The van der Waals surface area contributed by atoms with E-state index >= 15 is 0 Å². The van der Waals surface area contributed by atoms with Gasteiger partial charge < -0.3 is 24.4 Å². The van der Waals surface area contributed by atoms with E-state index < -0.39 is 29.3 Å². The Morgan fingerprint density at radius 3 is 2.06 bits per heavy atom. The summed E-state index contributed by atoms with van der Waals surface area (Å²) >= 11 is 11.8. The standard InChI is InChI=1S/C24H38Cl2N2O5/c1-17-14-19(28(12-10-25)13-11-26)8-9-20(17)31-16-18(15-21(29)32-23(2,3)4)27-22(30)33-24(5,6)7/h8-9,14,18H,10-13,15-16H2,1-7H3,(H,27,30)/t18-/m1/s1. The van der Waals surface area contributed by atoms with Gasteiger partial charge in [0.05, 0.1) is 12.5 Å². The van der Waals surface area contributed by atoms with Crippen molar-refractivity contribution in [2.24, 2.45) is 0 Å². The predicted octanol–water partition coefficient (Wildman–Crippen LogP) is 5.28. The van der Waals surface area contributed by atoms with Gasteiger partial charge in [0.1, 0.15) is 23.6 Å². The molecular formula is C24H38Cl2N2O5. The zero-order chi connectivity index (χ0) is 25.2. The Balaban J connectivity index is 2.91. The molecule has 0 aliphatic rings. The topological polar surface area (TPSA) is 77.1 Å². The van der Waals surface area contributed by atoms with Crippen LogP contribution in [0, 0.1) is 6.92 Å². The monoisotopic (exact) mass is 504 g/mol. The molecule has 0 heterocycles. The normalized spacial score (nSPS) is 12.6. The highest BCUT2D eigenvalue weighted by molar-refractivity contribution is 6.18. The molecule has 0 aliphatic carbocycles. The number of benzene rings is 1. The lowest BCUT2D eigenvalue weighted by molar-refractivity contribution is -0.155. The van der Waals surface area contributed by atoms with Gasteiger partial charge in [0, 0.05) is 30.5 Å². The molecule has 0 saturated heterocycles. The SMILES string of the molecule is Cc1cc(N(CCCl)CCCl)ccc1OC[C@@H](CC(=O)OC(C)(C)C)NC(=O)OC(C)(C)C. The van der Waals surface area contributed by atoms with Gasteiger partial charge in [0.15, 0.2) is 0 Å². The summed E-state index contributed by atoms with van der Waals surface area (Å²) < 4.78 is 16.7. The van der Waals surface area contributed by atoms with E-state index in [-0.39, 0.29) is 13.0 Å². The number of alkyl halides is 2. The van der Waals surface area contributed by atoms with Crippen LogP contribution in [0.2, 0.25) is 0 Å². The van der Waals surface area contributed by atoms with Gasteiger partial charge in [0.2, 0.25) is 0 Å². The van der Waals surface area contributed by atoms with Crippen molar-refractivity contribution in [1.29, 1.82) is 0 Å². The maximum Gasteiger partial charge on any atom is 0.408 e. The Kier molecular flexibility index (Phi) is 11.6. The molecule has 0 fully saturated rings. The summed E-state index contributed by atoms with van der Waals surface area (Å²) in [5.41, 5.74) is 0.623. The number of amides is 1. The van der Waals surface area contributed by atoms with Crippen LogP contribution in [0.5, 0.6) is 5.75 Å². The fourth-order valence-electron chi connectivity index (χ4n) is 2.97. The Morgan fingerprint density at radius 1 is 1.00 bits per heavy atom. The summed E-state index contributed by atoms with van der Waals surface area (Å²) in [7, 11) is 0. The number of nitrogens with one attached hydrogen (secondary N) is 1. The molecule has 1 amide bonds. The second-order valence-corrected chi connectivity index (χ2v) is 10.5. The van der Waals surface area contributed by atoms with Crippen LogP contribution >= 0.6 is 23.2 Å². The third-order valence-electron chi connectivity index (χ3n) is 4.23. The molecule has 0 unspecified atom stereocenters. The molecule has 9 heteroatoms. The first-order valence-corrected chi connectivity index (χ1v) is 12.1. The van der Waals surface area contributed by atoms with Crippen LogP contribution in [0.4, 0.5) is 10.5 Å². The Morgan fingerprint density at radius 2 is 1.58 bits per heavy atom. The number of hydrogen-bond donors (Lipinski definition) is 1. The highest BCUT2D eigenvalue weighted by Crippen LogP contribution is 2.25. The molecule has 1 aromatic rings. The number of carbonyl (C=O) groups excluding carboxylic acids is 2. The fourth-order valence-corrected chi connectivity index (χ4v) is 3.37. The van der Waals surface area contributed by atoms with Gasteiger partial charge in [-0.05, 0) is 72.2 Å². The number of aryl methyl sites for hydroxylation is 1. The third kappa shape index (κ3) is 12.2. The molecule has 0 radical (unpaired) electrons. The molecule has 0 aliphatic heterocycles. The summed E-state index contributed by atoms with van der Waals surface area (Å²) in [6.07, 6.45) is -0.670. The fraction of sp³-hybridized carbons (Fsp3) is 0.667. The van der Waals surface area contributed by atoms with Crippen LogP contribution in [0.3, 0.4) is 0 Å². The molecule has 0 aromatic heterocycles. The minimum Gasteiger partial charge on any atom is -0.491 e. The summed E-state index contributed by atoms with van der Waals surface area (Å²) in [4.78, 5) is 26.8. The summed E-state index contributed by atoms with van der Waals surface area (Å²) in [6, 6.07) is 5.17. The Bertz CT molecular complexity index is 739. The second kappa shape index (κ2) is 13.1. The van der Waals surface area contributed by atoms with E-state index in [0.717, 1.165) is 11.3 Å². The first-order chi connectivity index (χ1) is 15.2. The van der Waals surface area contributed by atoms with Crippen molar-refractivity contribution in [2.75, 3.05) is 36.4 Å². The van der Waals surface area contributed by atoms with Crippen molar-refractivity contribution in [1.82, 2.24) is 5.32 Å². The quantitative estimate of drug-likeness (QED) is 0.326. The van der Waals surface area contributed by atoms with Crippen molar-refractivity contribution in [3.8, 4) is 5.75 Å². The van der Waals surface area contributed by atoms with Gasteiger partial charge in [-0.1, -0.05) is 0 Å². The molecule has 0 bridgehead atoms. The van der Waals surface area contributed by atoms with Gasteiger partial charge in [0.25, 0.3) is 0 Å². The van der Waals surface area contributed by atoms with E-state index in [4.69, 9.17) is 37.4 Å². The number of esters is 1. The molecule has 188 valence electrons. The van der Waals surface area contributed by atoms with Crippen molar-refractivity contribution in [3.05, 3.63) is 23.8 Å². The lowest BCUT2D eigenvalue weighted by Gasteiger charge is -2.26. The predicted molar refractivity (Wildman–Crippen MR) is 134 cm³/mol. The minimum absolute atomic E-state index is 0.0487. The highest BCUT2D eigenvalue weighted by Gasteiger charge is 2.25. The minimum atomic E-state index is -0.661. The molecule has 7 nitrogen and oxygen atoms in total. The van der Waals surface area contributed by atoms with E-state index in [2.05, 4.69) is 10.2 Å². The number of hydrogen-bond acceptors (Lipinski definition) is 6. The number of nitrogens with zero attached hydrogens (tertiary/aromatic N) is 1. The lowest BCUT2D eigenvalue weighted by Crippen LogP contribution is -2.44. The first kappa shape index (κ1) is 29.2. The van der Waals surface area contributed by atoms with Gasteiger partial charge >= 0.3 is 12.1 Å². The molecule has 0 saturated carbocycles. The van der Waals surface area contributed by atoms with Crippen molar-refractivity contribution in [3.63, 3.8) is 0 Å². The van der Waals surface area contributed by atoms with E-state index in [9.17, 15) is 9.59 Å². The number of ether oxygens (including phenoxy) is 3. The third-order valence-corrected chi connectivity index (χ3v) is 4.56. The smallest absolute Gasteiger partial charge is 0.408 e. The number of halogens is 2. The maximum atomic E-state index is 12.4. The molecule has 1 rings (SSSR count). The second-order valence-electron chi connectivity index (χ2n) is 9.76. The van der Waals surface area contributed by atoms with Crippen LogP contribution in [0.25, 0.3) is 0 Å². The van der Waals surface area contributed by atoms with Gasteiger partial charge in [-0.2, -0.15) is 0 Å². The molecule has 1 N–H and O–H groups in total. The zero-order valence-corrected chi connectivity index (χ0v) is 22.3. The van der Waals surface area contributed by atoms with Crippen molar-refractivity contribution < 1.29 is 23.8 Å². The summed E-state index contributed by atoms with van der Waals surface area (Å²) in [6.45, 7) is 14.1. The van der Waals surface area contributed by atoms with Crippen LogP contribution in [-0.2, 0) is 14.3 Å². The first-order valence-electron chi connectivity index (χ1n) is 11.1. The number of carbonyl (C=O) groups is 2. The summed E-state index contributed by atoms with van der Waals surface area (Å²) in [5, 5.41) is 2.72. The van der Waals surface area contributed by atoms with E-state index in [0.29, 0.717) is 30.6 Å². The van der Waals surface area contributed by atoms with E-state index in [1.165, 1.54) is 0 Å². The summed E-state index contributed by atoms with van der Waals surface area (Å²) in [5.74, 6) is 1.21. The van der Waals surface area contributed by atoms with Crippen LogP contribution in [0.1, 0.15) is 53.5 Å². The lowest BCUT2D eigenvalue weighted by atomic mass is 10.1. The van der Waals surface area contributed by atoms with Gasteiger partial charge in [-0.15, -0.1) is 23.2 Å².